The van der Waals surface area contributed by atoms with Gasteiger partial charge in [0.05, 0.1) is 6.54 Å². The molecule has 2 rings (SSSR count). The zero-order valence-electron chi connectivity index (χ0n) is 15.0. The monoisotopic (exact) mass is 456 g/mol. The van der Waals surface area contributed by atoms with Gasteiger partial charge in [-0.25, -0.2) is 9.38 Å². The molecule has 2 aromatic rings. The lowest BCUT2D eigenvalue weighted by Gasteiger charge is -2.12. The zero-order chi connectivity index (χ0) is 17.4. The van der Waals surface area contributed by atoms with E-state index in [0.29, 0.717) is 12.1 Å². The number of guanidine groups is 1. The summed E-state index contributed by atoms with van der Waals surface area (Å²) in [6.07, 6.45) is 4.59. The second kappa shape index (κ2) is 11.0. The molecule has 0 spiro atoms. The van der Waals surface area contributed by atoms with Crippen LogP contribution in [0, 0.1) is 19.7 Å². The number of benzene rings is 1. The van der Waals surface area contributed by atoms with Crippen molar-refractivity contribution in [1.82, 2.24) is 15.6 Å². The number of aryl methyl sites for hydroxylation is 2. The molecule has 25 heavy (non-hydrogen) atoms. The van der Waals surface area contributed by atoms with E-state index in [1.165, 1.54) is 11.1 Å². The minimum Gasteiger partial charge on any atom is -0.357 e. The van der Waals surface area contributed by atoms with Crippen molar-refractivity contribution in [2.24, 2.45) is 4.99 Å². The van der Waals surface area contributed by atoms with Crippen molar-refractivity contribution in [2.45, 2.75) is 33.7 Å². The van der Waals surface area contributed by atoms with Crippen molar-refractivity contribution in [1.29, 1.82) is 0 Å². The standard InChI is InChI=1S/C19H25FN4.HI/c1-4-22-19(23-10-8-17-7-9-21-12-15(17)3)24-13-16-6-5-14(2)18(20)11-16;/h5-7,9,11-12H,4,8,10,13H2,1-3H3,(H2,22,23,24);1H. The molecule has 0 radical (unpaired) electrons. The molecule has 1 aromatic carbocycles. The van der Waals surface area contributed by atoms with Crippen LogP contribution in [0.3, 0.4) is 0 Å². The van der Waals surface area contributed by atoms with Crippen molar-refractivity contribution in [3.05, 3.63) is 64.7 Å². The number of rotatable bonds is 6. The van der Waals surface area contributed by atoms with Gasteiger partial charge in [-0.2, -0.15) is 0 Å². The van der Waals surface area contributed by atoms with Gasteiger partial charge < -0.3 is 10.6 Å². The highest BCUT2D eigenvalue weighted by Gasteiger charge is 2.02. The summed E-state index contributed by atoms with van der Waals surface area (Å²) in [6, 6.07) is 7.28. The molecule has 0 saturated heterocycles. The molecular weight excluding hydrogens is 430 g/mol. The summed E-state index contributed by atoms with van der Waals surface area (Å²) >= 11 is 0. The molecule has 0 fully saturated rings. The molecule has 0 amide bonds. The molecule has 0 saturated carbocycles. The van der Waals surface area contributed by atoms with E-state index in [-0.39, 0.29) is 29.8 Å². The highest BCUT2D eigenvalue weighted by molar-refractivity contribution is 14.0. The Morgan fingerprint density at radius 3 is 2.64 bits per heavy atom. The van der Waals surface area contributed by atoms with Crippen molar-refractivity contribution in [2.75, 3.05) is 13.1 Å². The SMILES string of the molecule is CCNC(=NCc1ccc(C)c(F)c1)NCCc1ccncc1C.I. The molecule has 0 unspecified atom stereocenters. The van der Waals surface area contributed by atoms with Crippen LogP contribution < -0.4 is 10.6 Å². The second-order valence-electron chi connectivity index (χ2n) is 5.76. The lowest BCUT2D eigenvalue weighted by Crippen LogP contribution is -2.38. The third kappa shape index (κ3) is 6.97. The van der Waals surface area contributed by atoms with Crippen molar-refractivity contribution in [3.63, 3.8) is 0 Å². The first-order chi connectivity index (χ1) is 11.6. The van der Waals surface area contributed by atoms with E-state index < -0.39 is 0 Å². The smallest absolute Gasteiger partial charge is 0.191 e. The van der Waals surface area contributed by atoms with E-state index in [1.807, 2.05) is 31.5 Å². The first kappa shape index (κ1) is 21.3. The number of halogens is 2. The highest BCUT2D eigenvalue weighted by Crippen LogP contribution is 2.10. The largest absolute Gasteiger partial charge is 0.357 e. The summed E-state index contributed by atoms with van der Waals surface area (Å²) in [6.45, 7) is 7.85. The summed E-state index contributed by atoms with van der Waals surface area (Å²) in [7, 11) is 0. The molecule has 1 aromatic heterocycles. The molecule has 6 heteroatoms. The van der Waals surface area contributed by atoms with Gasteiger partial charge >= 0.3 is 0 Å². The summed E-state index contributed by atoms with van der Waals surface area (Å²) in [5, 5.41) is 6.53. The maximum absolute atomic E-state index is 13.6. The Labute approximate surface area is 166 Å². The molecule has 0 bridgehead atoms. The minimum atomic E-state index is -0.186. The topological polar surface area (TPSA) is 49.3 Å². The number of nitrogens with zero attached hydrogens (tertiary/aromatic N) is 2. The zero-order valence-corrected chi connectivity index (χ0v) is 17.3. The summed E-state index contributed by atoms with van der Waals surface area (Å²) in [5.74, 6) is 0.555. The average molecular weight is 456 g/mol. The molecule has 1 heterocycles. The maximum atomic E-state index is 13.6. The Balaban J connectivity index is 0.00000312. The van der Waals surface area contributed by atoms with Crippen LogP contribution in [0.2, 0.25) is 0 Å². The highest BCUT2D eigenvalue weighted by atomic mass is 127. The lowest BCUT2D eigenvalue weighted by atomic mass is 10.1. The number of nitrogens with one attached hydrogen (secondary N) is 2. The number of hydrogen-bond acceptors (Lipinski definition) is 2. The van der Waals surface area contributed by atoms with Crippen molar-refractivity contribution < 1.29 is 4.39 Å². The third-order valence-corrected chi connectivity index (χ3v) is 3.82. The normalized spacial score (nSPS) is 11.0. The van der Waals surface area contributed by atoms with E-state index >= 15 is 0 Å². The maximum Gasteiger partial charge on any atom is 0.191 e. The van der Waals surface area contributed by atoms with Gasteiger partial charge in [-0.1, -0.05) is 12.1 Å². The summed E-state index contributed by atoms with van der Waals surface area (Å²) in [4.78, 5) is 8.63. The Hall–Kier alpha value is -1.70. The summed E-state index contributed by atoms with van der Waals surface area (Å²) < 4.78 is 13.6. The Morgan fingerprint density at radius 2 is 1.96 bits per heavy atom. The fraction of sp³-hybridized carbons (Fsp3) is 0.368. The van der Waals surface area contributed by atoms with Gasteiger partial charge in [-0.15, -0.1) is 24.0 Å². The number of pyridine rings is 1. The first-order valence-electron chi connectivity index (χ1n) is 8.27. The number of aliphatic imine (C=N–C) groups is 1. The van der Waals surface area contributed by atoms with Gasteiger partial charge in [0.25, 0.3) is 0 Å². The number of aromatic nitrogens is 1. The summed E-state index contributed by atoms with van der Waals surface area (Å²) in [5.41, 5.74) is 3.98. The predicted molar refractivity (Wildman–Crippen MR) is 112 cm³/mol. The molecule has 0 aliphatic rings. The average Bonchev–Trinajstić information content (AvgIpc) is 2.57. The predicted octanol–water partition coefficient (Wildman–Crippen LogP) is 3.75. The van der Waals surface area contributed by atoms with Crippen LogP contribution in [-0.2, 0) is 13.0 Å². The molecule has 0 aliphatic heterocycles. The van der Waals surface area contributed by atoms with E-state index in [0.717, 1.165) is 31.0 Å². The van der Waals surface area contributed by atoms with Crippen molar-refractivity contribution >= 4 is 29.9 Å². The quantitative estimate of drug-likeness (QED) is 0.396. The van der Waals surface area contributed by atoms with Gasteiger partial charge in [-0.3, -0.25) is 4.98 Å². The van der Waals surface area contributed by atoms with Gasteiger partial charge in [-0.05, 0) is 61.6 Å². The molecule has 4 nitrogen and oxygen atoms in total. The van der Waals surface area contributed by atoms with E-state index in [2.05, 4.69) is 27.5 Å². The Kier molecular flexibility index (Phi) is 9.41. The molecule has 0 atom stereocenters. The van der Waals surface area contributed by atoms with Crippen LogP contribution in [-0.4, -0.2) is 24.0 Å². The Bertz CT molecular complexity index is 704. The molecule has 0 aliphatic carbocycles. The fourth-order valence-electron chi connectivity index (χ4n) is 2.35. The fourth-order valence-corrected chi connectivity index (χ4v) is 2.35. The molecule has 2 N–H and O–H groups in total. The van der Waals surface area contributed by atoms with Crippen LogP contribution in [0.5, 0.6) is 0 Å². The van der Waals surface area contributed by atoms with Crippen LogP contribution in [0.1, 0.15) is 29.2 Å². The van der Waals surface area contributed by atoms with Crippen LogP contribution in [0.4, 0.5) is 4.39 Å². The third-order valence-electron chi connectivity index (χ3n) is 3.82. The van der Waals surface area contributed by atoms with Gasteiger partial charge in [0.15, 0.2) is 5.96 Å². The van der Waals surface area contributed by atoms with Gasteiger partial charge in [0, 0.05) is 25.5 Å². The number of hydrogen-bond donors (Lipinski definition) is 2. The second-order valence-corrected chi connectivity index (χ2v) is 5.76. The lowest BCUT2D eigenvalue weighted by molar-refractivity contribution is 0.616. The van der Waals surface area contributed by atoms with Crippen LogP contribution in [0.25, 0.3) is 0 Å². The Morgan fingerprint density at radius 1 is 1.16 bits per heavy atom. The first-order valence-corrected chi connectivity index (χ1v) is 8.27. The van der Waals surface area contributed by atoms with E-state index in [1.54, 1.807) is 19.1 Å². The van der Waals surface area contributed by atoms with Gasteiger partial charge in [0.2, 0.25) is 0 Å². The van der Waals surface area contributed by atoms with E-state index in [4.69, 9.17) is 0 Å². The minimum absolute atomic E-state index is 0. The molecular formula is C19H26FIN4. The van der Waals surface area contributed by atoms with Gasteiger partial charge in [0.1, 0.15) is 5.82 Å². The van der Waals surface area contributed by atoms with Crippen molar-refractivity contribution in [3.8, 4) is 0 Å². The molecule has 136 valence electrons. The van der Waals surface area contributed by atoms with Crippen LogP contribution >= 0.6 is 24.0 Å². The van der Waals surface area contributed by atoms with Crippen LogP contribution in [0.15, 0.2) is 41.7 Å². The van der Waals surface area contributed by atoms with E-state index in [9.17, 15) is 4.39 Å².